The topological polar surface area (TPSA) is 35.7 Å². The molecule has 2 N–H and O–H groups in total. The molecule has 4 nitrogen and oxygen atoms in total. The van der Waals surface area contributed by atoms with Crippen LogP contribution in [0.2, 0.25) is 0 Å². The second-order valence-corrected chi connectivity index (χ2v) is 6.71. The second kappa shape index (κ2) is 6.94. The number of anilines is 1. The van der Waals surface area contributed by atoms with Crippen molar-refractivity contribution >= 4 is 5.69 Å². The molecule has 0 aliphatic carbocycles. The number of piperazine rings is 1. The fourth-order valence-corrected chi connectivity index (χ4v) is 3.64. The van der Waals surface area contributed by atoms with E-state index < -0.39 is 0 Å². The zero-order valence-electron chi connectivity index (χ0n) is 13.4. The molecule has 0 bridgehead atoms. The SMILES string of the molecule is CN1CCC(N)C(CN2CCN(c3ccccc3F)CC2)C1. The summed E-state index contributed by atoms with van der Waals surface area (Å²) in [6.07, 6.45) is 1.09. The van der Waals surface area contributed by atoms with Gasteiger partial charge in [-0.2, -0.15) is 0 Å². The Bertz CT molecular complexity index is 487. The molecule has 2 heterocycles. The van der Waals surface area contributed by atoms with E-state index in [0.29, 0.717) is 12.0 Å². The molecule has 2 saturated heterocycles. The van der Waals surface area contributed by atoms with Crippen molar-refractivity contribution in [3.05, 3.63) is 30.1 Å². The van der Waals surface area contributed by atoms with Crippen molar-refractivity contribution < 1.29 is 4.39 Å². The summed E-state index contributed by atoms with van der Waals surface area (Å²) in [7, 11) is 2.18. The molecule has 122 valence electrons. The molecule has 5 heteroatoms. The molecule has 0 saturated carbocycles. The highest BCUT2D eigenvalue weighted by Gasteiger charge is 2.28. The number of para-hydroxylation sites is 1. The standard InChI is InChI=1S/C17H27FN4/c1-20-7-6-16(19)14(12-20)13-21-8-10-22(11-9-21)17-5-3-2-4-15(17)18/h2-5,14,16H,6-13,19H2,1H3. The Hall–Kier alpha value is -1.17. The quantitative estimate of drug-likeness (QED) is 0.911. The Kier molecular flexibility index (Phi) is 4.96. The van der Waals surface area contributed by atoms with Crippen molar-refractivity contribution in [3.8, 4) is 0 Å². The van der Waals surface area contributed by atoms with Crippen LogP contribution in [0.4, 0.5) is 10.1 Å². The van der Waals surface area contributed by atoms with Gasteiger partial charge in [0, 0.05) is 45.3 Å². The van der Waals surface area contributed by atoms with Crippen LogP contribution < -0.4 is 10.6 Å². The molecule has 0 aromatic heterocycles. The van der Waals surface area contributed by atoms with Crippen molar-refractivity contribution in [3.63, 3.8) is 0 Å². The van der Waals surface area contributed by atoms with E-state index in [9.17, 15) is 4.39 Å². The van der Waals surface area contributed by atoms with Gasteiger partial charge in [-0.25, -0.2) is 4.39 Å². The summed E-state index contributed by atoms with van der Waals surface area (Å²) in [4.78, 5) is 7.02. The molecule has 0 spiro atoms. The number of nitrogens with two attached hydrogens (primary N) is 1. The van der Waals surface area contributed by atoms with Gasteiger partial charge in [0.15, 0.2) is 0 Å². The molecule has 3 rings (SSSR count). The molecular weight excluding hydrogens is 279 g/mol. The summed E-state index contributed by atoms with van der Waals surface area (Å²) < 4.78 is 13.9. The lowest BCUT2D eigenvalue weighted by molar-refractivity contribution is 0.130. The predicted molar refractivity (Wildman–Crippen MR) is 88.6 cm³/mol. The van der Waals surface area contributed by atoms with E-state index in [1.165, 1.54) is 0 Å². The largest absolute Gasteiger partial charge is 0.367 e. The maximum atomic E-state index is 13.9. The molecule has 2 fully saturated rings. The Labute approximate surface area is 132 Å². The van der Waals surface area contributed by atoms with Crippen LogP contribution in [0.3, 0.4) is 0 Å². The summed E-state index contributed by atoms with van der Waals surface area (Å²) in [5, 5.41) is 0. The van der Waals surface area contributed by atoms with Gasteiger partial charge in [-0.1, -0.05) is 12.1 Å². The predicted octanol–water partition coefficient (Wildman–Crippen LogP) is 1.23. The number of benzene rings is 1. The Morgan fingerprint density at radius 2 is 1.86 bits per heavy atom. The number of hydrogen-bond acceptors (Lipinski definition) is 4. The van der Waals surface area contributed by atoms with Gasteiger partial charge in [-0.15, -0.1) is 0 Å². The van der Waals surface area contributed by atoms with E-state index in [-0.39, 0.29) is 5.82 Å². The van der Waals surface area contributed by atoms with Gasteiger partial charge in [0.1, 0.15) is 5.82 Å². The van der Waals surface area contributed by atoms with Crippen LogP contribution in [0.5, 0.6) is 0 Å². The minimum absolute atomic E-state index is 0.119. The second-order valence-electron chi connectivity index (χ2n) is 6.71. The normalized spacial score (nSPS) is 28.0. The monoisotopic (exact) mass is 306 g/mol. The first kappa shape index (κ1) is 15.7. The first-order valence-electron chi connectivity index (χ1n) is 8.29. The van der Waals surface area contributed by atoms with Gasteiger partial charge in [-0.3, -0.25) is 4.90 Å². The van der Waals surface area contributed by atoms with E-state index in [1.807, 2.05) is 12.1 Å². The first-order valence-corrected chi connectivity index (χ1v) is 8.29. The third-order valence-electron chi connectivity index (χ3n) is 5.05. The molecule has 0 amide bonds. The van der Waals surface area contributed by atoms with E-state index in [2.05, 4.69) is 21.7 Å². The van der Waals surface area contributed by atoms with Crippen LogP contribution in [0.1, 0.15) is 6.42 Å². The van der Waals surface area contributed by atoms with Crippen molar-refractivity contribution in [2.75, 3.05) is 57.8 Å². The summed E-state index contributed by atoms with van der Waals surface area (Å²) in [5.74, 6) is 0.436. The molecule has 2 atom stereocenters. The number of halogens is 1. The Morgan fingerprint density at radius 3 is 2.59 bits per heavy atom. The Balaban J connectivity index is 1.52. The summed E-state index contributed by atoms with van der Waals surface area (Å²) in [6, 6.07) is 7.38. The number of nitrogens with zero attached hydrogens (tertiary/aromatic N) is 3. The van der Waals surface area contributed by atoms with Crippen molar-refractivity contribution in [2.45, 2.75) is 12.5 Å². The van der Waals surface area contributed by atoms with Gasteiger partial charge in [0.05, 0.1) is 5.69 Å². The molecular formula is C17H27FN4. The van der Waals surface area contributed by atoms with E-state index >= 15 is 0 Å². The van der Waals surface area contributed by atoms with Crippen LogP contribution in [0.25, 0.3) is 0 Å². The third-order valence-corrected chi connectivity index (χ3v) is 5.05. The fraction of sp³-hybridized carbons (Fsp3) is 0.647. The lowest BCUT2D eigenvalue weighted by atomic mass is 9.92. The zero-order valence-corrected chi connectivity index (χ0v) is 13.4. The van der Waals surface area contributed by atoms with Crippen LogP contribution >= 0.6 is 0 Å². The number of likely N-dealkylation sites (tertiary alicyclic amines) is 1. The van der Waals surface area contributed by atoms with E-state index in [1.54, 1.807) is 12.1 Å². The lowest BCUT2D eigenvalue weighted by Gasteiger charge is -2.41. The number of hydrogen-bond donors (Lipinski definition) is 1. The van der Waals surface area contributed by atoms with Crippen molar-refractivity contribution in [1.82, 2.24) is 9.80 Å². The average Bonchev–Trinajstić information content (AvgIpc) is 2.52. The van der Waals surface area contributed by atoms with E-state index in [4.69, 9.17) is 5.73 Å². The zero-order chi connectivity index (χ0) is 15.5. The Morgan fingerprint density at radius 1 is 1.14 bits per heavy atom. The smallest absolute Gasteiger partial charge is 0.146 e. The fourth-order valence-electron chi connectivity index (χ4n) is 3.64. The van der Waals surface area contributed by atoms with Gasteiger partial charge < -0.3 is 15.5 Å². The molecule has 2 unspecified atom stereocenters. The lowest BCUT2D eigenvalue weighted by Crippen LogP contribution is -2.53. The van der Waals surface area contributed by atoms with Gasteiger partial charge in [0.2, 0.25) is 0 Å². The third kappa shape index (κ3) is 3.59. The van der Waals surface area contributed by atoms with Gasteiger partial charge in [0.25, 0.3) is 0 Å². The minimum atomic E-state index is -0.119. The van der Waals surface area contributed by atoms with Crippen LogP contribution in [-0.4, -0.2) is 68.7 Å². The molecule has 0 radical (unpaired) electrons. The highest BCUT2D eigenvalue weighted by Crippen LogP contribution is 2.21. The maximum Gasteiger partial charge on any atom is 0.146 e. The van der Waals surface area contributed by atoms with Crippen LogP contribution in [-0.2, 0) is 0 Å². The van der Waals surface area contributed by atoms with Crippen LogP contribution in [0.15, 0.2) is 24.3 Å². The van der Waals surface area contributed by atoms with Gasteiger partial charge >= 0.3 is 0 Å². The van der Waals surface area contributed by atoms with Gasteiger partial charge in [-0.05, 0) is 38.1 Å². The van der Waals surface area contributed by atoms with Crippen molar-refractivity contribution in [1.29, 1.82) is 0 Å². The first-order chi connectivity index (χ1) is 10.6. The summed E-state index contributed by atoms with van der Waals surface area (Å²) in [5.41, 5.74) is 7.02. The maximum absolute atomic E-state index is 13.9. The number of rotatable bonds is 3. The summed E-state index contributed by atoms with van der Waals surface area (Å²) in [6.45, 7) is 7.02. The molecule has 1 aromatic rings. The highest BCUT2D eigenvalue weighted by molar-refractivity contribution is 5.47. The number of piperidine rings is 1. The van der Waals surface area contributed by atoms with E-state index in [0.717, 1.165) is 57.9 Å². The molecule has 2 aliphatic rings. The van der Waals surface area contributed by atoms with Crippen molar-refractivity contribution in [2.24, 2.45) is 11.7 Å². The summed E-state index contributed by atoms with van der Waals surface area (Å²) >= 11 is 0. The highest BCUT2D eigenvalue weighted by atomic mass is 19.1. The minimum Gasteiger partial charge on any atom is -0.367 e. The molecule has 1 aromatic carbocycles. The average molecular weight is 306 g/mol. The van der Waals surface area contributed by atoms with Crippen LogP contribution in [0, 0.1) is 11.7 Å². The molecule has 22 heavy (non-hydrogen) atoms. The molecule has 2 aliphatic heterocycles.